The van der Waals surface area contributed by atoms with Crippen molar-refractivity contribution in [2.45, 2.75) is 32.4 Å². The van der Waals surface area contributed by atoms with Crippen LogP contribution in [0.1, 0.15) is 25.3 Å². The minimum atomic E-state index is 0.515. The van der Waals surface area contributed by atoms with E-state index in [1.165, 1.54) is 12.8 Å². The molecule has 0 bridgehead atoms. The highest BCUT2D eigenvalue weighted by molar-refractivity contribution is 6.29. The molecule has 2 rings (SSSR count). The van der Waals surface area contributed by atoms with Crippen molar-refractivity contribution in [2.75, 3.05) is 6.54 Å². The van der Waals surface area contributed by atoms with E-state index in [1.54, 1.807) is 12.3 Å². The Hall–Kier alpha value is -1.29. The Morgan fingerprint density at radius 3 is 2.94 bits per heavy atom. The third-order valence-corrected chi connectivity index (χ3v) is 2.69. The maximum atomic E-state index is 5.73. The first kappa shape index (κ1) is 12.2. The van der Waals surface area contributed by atoms with Crippen LogP contribution >= 0.6 is 11.6 Å². The van der Waals surface area contributed by atoms with Crippen molar-refractivity contribution in [1.82, 2.24) is 15.6 Å². The molecule has 0 saturated heterocycles. The highest BCUT2D eigenvalue weighted by Gasteiger charge is 2.21. The summed E-state index contributed by atoms with van der Waals surface area (Å²) >= 11 is 5.73. The van der Waals surface area contributed by atoms with Crippen LogP contribution in [-0.2, 0) is 6.54 Å². The van der Waals surface area contributed by atoms with Crippen LogP contribution in [0.2, 0.25) is 5.15 Å². The molecule has 1 saturated carbocycles. The van der Waals surface area contributed by atoms with E-state index < -0.39 is 0 Å². The molecule has 0 aromatic carbocycles. The molecule has 0 amide bonds. The summed E-state index contributed by atoms with van der Waals surface area (Å²) in [6.45, 7) is 3.55. The molecule has 0 unspecified atom stereocenters. The highest BCUT2D eigenvalue weighted by Crippen LogP contribution is 2.18. The van der Waals surface area contributed by atoms with E-state index in [0.29, 0.717) is 17.7 Å². The first-order chi connectivity index (χ1) is 8.28. The van der Waals surface area contributed by atoms with Gasteiger partial charge in [0.2, 0.25) is 0 Å². The summed E-state index contributed by atoms with van der Waals surface area (Å²) in [5.41, 5.74) is 1.06. The fraction of sp³-hybridized carbons (Fsp3) is 0.500. The fourth-order valence-electron chi connectivity index (χ4n) is 1.41. The Morgan fingerprint density at radius 1 is 1.53 bits per heavy atom. The minimum absolute atomic E-state index is 0.515. The molecule has 4 nitrogen and oxygen atoms in total. The zero-order valence-electron chi connectivity index (χ0n) is 9.91. The Labute approximate surface area is 106 Å². The quantitative estimate of drug-likeness (QED) is 0.489. The lowest BCUT2D eigenvalue weighted by Gasteiger charge is -2.09. The van der Waals surface area contributed by atoms with Crippen LogP contribution < -0.4 is 10.6 Å². The predicted molar refractivity (Wildman–Crippen MR) is 70.2 cm³/mol. The Kier molecular flexibility index (Phi) is 4.20. The van der Waals surface area contributed by atoms with E-state index in [-0.39, 0.29) is 0 Å². The van der Waals surface area contributed by atoms with Gasteiger partial charge in [-0.2, -0.15) is 0 Å². The van der Waals surface area contributed by atoms with Gasteiger partial charge in [0, 0.05) is 18.8 Å². The molecule has 0 atom stereocenters. The van der Waals surface area contributed by atoms with Crippen LogP contribution in [0.3, 0.4) is 0 Å². The second-order valence-electron chi connectivity index (χ2n) is 4.10. The van der Waals surface area contributed by atoms with Crippen molar-refractivity contribution in [3.63, 3.8) is 0 Å². The van der Waals surface area contributed by atoms with Gasteiger partial charge in [-0.1, -0.05) is 17.7 Å². The summed E-state index contributed by atoms with van der Waals surface area (Å²) < 4.78 is 0. The lowest BCUT2D eigenvalue weighted by molar-refractivity contribution is 0.811. The monoisotopic (exact) mass is 252 g/mol. The Balaban J connectivity index is 1.92. The van der Waals surface area contributed by atoms with Gasteiger partial charge in [0.05, 0.1) is 6.54 Å². The van der Waals surface area contributed by atoms with Crippen LogP contribution in [0, 0.1) is 0 Å². The topological polar surface area (TPSA) is 49.3 Å². The first-order valence-electron chi connectivity index (χ1n) is 5.93. The first-order valence-corrected chi connectivity index (χ1v) is 6.31. The number of nitrogens with one attached hydrogen (secondary N) is 2. The fourth-order valence-corrected chi connectivity index (χ4v) is 1.52. The third kappa shape index (κ3) is 4.23. The summed E-state index contributed by atoms with van der Waals surface area (Å²) in [5, 5.41) is 7.11. The van der Waals surface area contributed by atoms with Crippen LogP contribution in [0.5, 0.6) is 0 Å². The number of nitrogens with zero attached hydrogens (tertiary/aromatic N) is 2. The summed E-state index contributed by atoms with van der Waals surface area (Å²) in [6.07, 6.45) is 4.24. The van der Waals surface area contributed by atoms with Gasteiger partial charge in [0.15, 0.2) is 5.96 Å². The number of rotatable bonds is 4. The molecule has 0 radical (unpaired) electrons. The van der Waals surface area contributed by atoms with Gasteiger partial charge < -0.3 is 10.6 Å². The number of hydrogen-bond acceptors (Lipinski definition) is 2. The maximum Gasteiger partial charge on any atom is 0.191 e. The smallest absolute Gasteiger partial charge is 0.191 e. The van der Waals surface area contributed by atoms with Crippen LogP contribution in [0.25, 0.3) is 0 Å². The molecule has 2 N–H and O–H groups in total. The normalized spacial score (nSPS) is 15.8. The molecule has 0 aliphatic heterocycles. The van der Waals surface area contributed by atoms with E-state index in [9.17, 15) is 0 Å². The standard InChI is InChI=1S/C12H17ClN4/c1-2-14-12(17-10-4-5-10)16-8-9-3-6-11(13)15-7-9/h3,6-7,10H,2,4-5,8H2,1H3,(H2,14,16,17). The molecular formula is C12H17ClN4. The largest absolute Gasteiger partial charge is 0.357 e. The lowest BCUT2D eigenvalue weighted by Crippen LogP contribution is -2.38. The highest BCUT2D eigenvalue weighted by atomic mass is 35.5. The molecule has 5 heteroatoms. The molecule has 1 heterocycles. The summed E-state index contributed by atoms with van der Waals surface area (Å²) in [7, 11) is 0. The molecule has 1 aromatic heterocycles. The van der Waals surface area contributed by atoms with Gasteiger partial charge >= 0.3 is 0 Å². The zero-order valence-corrected chi connectivity index (χ0v) is 10.7. The minimum Gasteiger partial charge on any atom is -0.357 e. The van der Waals surface area contributed by atoms with Crippen molar-refractivity contribution < 1.29 is 0 Å². The van der Waals surface area contributed by atoms with E-state index >= 15 is 0 Å². The van der Waals surface area contributed by atoms with Crippen molar-refractivity contribution in [1.29, 1.82) is 0 Å². The lowest BCUT2D eigenvalue weighted by atomic mass is 10.3. The molecule has 1 aliphatic carbocycles. The zero-order chi connectivity index (χ0) is 12.1. The molecular weight excluding hydrogens is 236 g/mol. The van der Waals surface area contributed by atoms with Crippen LogP contribution in [0.4, 0.5) is 0 Å². The van der Waals surface area contributed by atoms with Crippen molar-refractivity contribution >= 4 is 17.6 Å². The van der Waals surface area contributed by atoms with Gasteiger partial charge in [0.1, 0.15) is 5.15 Å². The summed E-state index contributed by atoms with van der Waals surface area (Å²) in [6, 6.07) is 4.34. The number of pyridine rings is 1. The number of hydrogen-bond donors (Lipinski definition) is 2. The SMILES string of the molecule is CCNC(=NCc1ccc(Cl)nc1)NC1CC1. The van der Waals surface area contributed by atoms with E-state index in [4.69, 9.17) is 11.6 Å². The summed E-state index contributed by atoms with van der Waals surface area (Å²) in [5.74, 6) is 0.880. The number of aliphatic imine (C=N–C) groups is 1. The van der Waals surface area contributed by atoms with Crippen molar-refractivity contribution in [3.8, 4) is 0 Å². The van der Waals surface area contributed by atoms with E-state index in [0.717, 1.165) is 18.1 Å². The Morgan fingerprint density at radius 2 is 2.35 bits per heavy atom. The number of guanidine groups is 1. The number of aromatic nitrogens is 1. The molecule has 92 valence electrons. The van der Waals surface area contributed by atoms with Gasteiger partial charge in [-0.25, -0.2) is 9.98 Å². The molecule has 0 spiro atoms. The van der Waals surface area contributed by atoms with Gasteiger partial charge in [0.25, 0.3) is 0 Å². The molecule has 1 fully saturated rings. The molecule has 1 aliphatic rings. The average Bonchev–Trinajstić information content (AvgIpc) is 3.12. The van der Waals surface area contributed by atoms with Gasteiger partial charge in [-0.05, 0) is 31.4 Å². The van der Waals surface area contributed by atoms with Crippen LogP contribution in [-0.4, -0.2) is 23.5 Å². The Bertz CT molecular complexity index is 384. The number of halogens is 1. The predicted octanol–water partition coefficient (Wildman–Crippen LogP) is 1.95. The summed E-state index contributed by atoms with van der Waals surface area (Å²) in [4.78, 5) is 8.54. The molecule has 1 aromatic rings. The second kappa shape index (κ2) is 5.87. The van der Waals surface area contributed by atoms with E-state index in [2.05, 4.69) is 27.5 Å². The third-order valence-electron chi connectivity index (χ3n) is 2.47. The maximum absolute atomic E-state index is 5.73. The van der Waals surface area contributed by atoms with Gasteiger partial charge in [-0.15, -0.1) is 0 Å². The van der Waals surface area contributed by atoms with Crippen LogP contribution in [0.15, 0.2) is 23.3 Å². The van der Waals surface area contributed by atoms with Crippen molar-refractivity contribution in [2.24, 2.45) is 4.99 Å². The molecule has 17 heavy (non-hydrogen) atoms. The van der Waals surface area contributed by atoms with E-state index in [1.807, 2.05) is 6.07 Å². The van der Waals surface area contributed by atoms with Crippen molar-refractivity contribution in [3.05, 3.63) is 29.0 Å². The second-order valence-corrected chi connectivity index (χ2v) is 4.49. The van der Waals surface area contributed by atoms with Gasteiger partial charge in [-0.3, -0.25) is 0 Å². The average molecular weight is 253 g/mol.